The zero-order valence-electron chi connectivity index (χ0n) is 17.5. The SMILES string of the molecule is [C-]#[N+]C(C#N)=C1C=C(C=Cc2ccc(-n3cccc3)cc2)OC2(C1)Cc1ccccc1C2. The second kappa shape index (κ2) is 8.10. The van der Waals surface area contributed by atoms with Crippen molar-refractivity contribution in [3.8, 4) is 11.8 Å². The molecule has 2 heterocycles. The molecule has 1 aliphatic heterocycles. The number of allylic oxidation sites excluding steroid dienone is 3. The second-order valence-electron chi connectivity index (χ2n) is 8.24. The van der Waals surface area contributed by atoms with Crippen LogP contribution in [0, 0.1) is 17.9 Å². The first-order valence-corrected chi connectivity index (χ1v) is 10.6. The average molecular weight is 415 g/mol. The van der Waals surface area contributed by atoms with Gasteiger partial charge in [-0.3, -0.25) is 0 Å². The van der Waals surface area contributed by atoms with Gasteiger partial charge in [0.2, 0.25) is 0 Å². The van der Waals surface area contributed by atoms with Crippen molar-refractivity contribution in [3.63, 3.8) is 0 Å². The van der Waals surface area contributed by atoms with Crippen molar-refractivity contribution in [2.45, 2.75) is 24.9 Å². The van der Waals surface area contributed by atoms with E-state index in [1.165, 1.54) is 11.1 Å². The Morgan fingerprint density at radius 2 is 1.66 bits per heavy atom. The second-order valence-corrected chi connectivity index (χ2v) is 8.24. The zero-order valence-corrected chi connectivity index (χ0v) is 17.5. The molecule has 2 aromatic carbocycles. The Labute approximate surface area is 187 Å². The summed E-state index contributed by atoms with van der Waals surface area (Å²) in [6.45, 7) is 7.42. The fourth-order valence-corrected chi connectivity index (χ4v) is 4.59. The highest BCUT2D eigenvalue weighted by Crippen LogP contribution is 2.43. The Balaban J connectivity index is 1.44. The van der Waals surface area contributed by atoms with E-state index in [1.807, 2.05) is 54.9 Å². The molecule has 0 unspecified atom stereocenters. The Morgan fingerprint density at radius 3 is 2.28 bits per heavy atom. The van der Waals surface area contributed by atoms with E-state index in [0.717, 1.165) is 29.7 Å². The van der Waals surface area contributed by atoms with Crippen molar-refractivity contribution < 1.29 is 4.74 Å². The summed E-state index contributed by atoms with van der Waals surface area (Å²) in [6, 6.07) is 22.7. The van der Waals surface area contributed by atoms with Crippen LogP contribution in [0.25, 0.3) is 16.6 Å². The summed E-state index contributed by atoms with van der Waals surface area (Å²) in [7, 11) is 0. The first kappa shape index (κ1) is 19.7. The minimum atomic E-state index is -0.446. The van der Waals surface area contributed by atoms with E-state index in [1.54, 1.807) is 0 Å². The summed E-state index contributed by atoms with van der Waals surface area (Å²) >= 11 is 0. The highest BCUT2D eigenvalue weighted by molar-refractivity contribution is 5.56. The minimum absolute atomic E-state index is 0.144. The van der Waals surface area contributed by atoms with E-state index in [-0.39, 0.29) is 5.70 Å². The van der Waals surface area contributed by atoms with Crippen LogP contribution in [0.1, 0.15) is 23.1 Å². The predicted molar refractivity (Wildman–Crippen MR) is 124 cm³/mol. The van der Waals surface area contributed by atoms with Gasteiger partial charge in [-0.15, -0.1) is 0 Å². The molecule has 5 rings (SSSR count). The molecule has 154 valence electrons. The van der Waals surface area contributed by atoms with Gasteiger partial charge in [-0.1, -0.05) is 42.5 Å². The van der Waals surface area contributed by atoms with Gasteiger partial charge in [0.25, 0.3) is 5.70 Å². The van der Waals surface area contributed by atoms with Gasteiger partial charge in [0.05, 0.1) is 12.6 Å². The smallest absolute Gasteiger partial charge is 0.265 e. The van der Waals surface area contributed by atoms with Gasteiger partial charge in [0.15, 0.2) is 0 Å². The first-order valence-electron chi connectivity index (χ1n) is 10.6. The van der Waals surface area contributed by atoms with Crippen LogP contribution in [0.15, 0.2) is 102 Å². The number of benzene rings is 2. The Kier molecular flexibility index (Phi) is 4.98. The highest BCUT2D eigenvalue weighted by Gasteiger charge is 2.42. The molecule has 0 radical (unpaired) electrons. The number of hydrogen-bond acceptors (Lipinski definition) is 2. The molecule has 3 aromatic rings. The van der Waals surface area contributed by atoms with Gasteiger partial charge in [-0.25, -0.2) is 10.1 Å². The van der Waals surface area contributed by atoms with E-state index in [0.29, 0.717) is 12.2 Å². The van der Waals surface area contributed by atoms with Gasteiger partial charge in [0.1, 0.15) is 11.4 Å². The molecule has 0 bridgehead atoms. The van der Waals surface area contributed by atoms with E-state index >= 15 is 0 Å². The number of hydrogen-bond donors (Lipinski definition) is 0. The Bertz CT molecular complexity index is 1290. The number of rotatable bonds is 3. The van der Waals surface area contributed by atoms with Crippen molar-refractivity contribution in [2.24, 2.45) is 0 Å². The van der Waals surface area contributed by atoms with Gasteiger partial charge < -0.3 is 9.30 Å². The van der Waals surface area contributed by atoms with Crippen LogP contribution in [0.2, 0.25) is 0 Å². The lowest BCUT2D eigenvalue weighted by Crippen LogP contribution is -2.36. The van der Waals surface area contributed by atoms with Crippen LogP contribution in [0.4, 0.5) is 0 Å². The monoisotopic (exact) mass is 415 g/mol. The maximum atomic E-state index is 9.47. The van der Waals surface area contributed by atoms with Gasteiger partial charge in [0, 0.05) is 37.3 Å². The van der Waals surface area contributed by atoms with Crippen LogP contribution in [-0.2, 0) is 17.6 Å². The van der Waals surface area contributed by atoms with Crippen LogP contribution in [0.5, 0.6) is 0 Å². The van der Waals surface area contributed by atoms with Gasteiger partial charge in [-0.2, -0.15) is 0 Å². The number of nitriles is 1. The number of ether oxygens (including phenoxy) is 1. The first-order chi connectivity index (χ1) is 15.7. The Hall–Kier alpha value is -4.28. The van der Waals surface area contributed by atoms with Crippen molar-refractivity contribution in [2.75, 3.05) is 0 Å². The molecule has 1 aliphatic carbocycles. The summed E-state index contributed by atoms with van der Waals surface area (Å²) in [5.74, 6) is 0.685. The third-order valence-corrected chi connectivity index (χ3v) is 6.06. The summed E-state index contributed by atoms with van der Waals surface area (Å²) in [4.78, 5) is 3.46. The van der Waals surface area contributed by atoms with Gasteiger partial charge >= 0.3 is 0 Å². The molecule has 32 heavy (non-hydrogen) atoms. The van der Waals surface area contributed by atoms with E-state index in [4.69, 9.17) is 11.3 Å². The fourth-order valence-electron chi connectivity index (χ4n) is 4.59. The summed E-state index contributed by atoms with van der Waals surface area (Å²) in [5.41, 5.74) is 5.16. The van der Waals surface area contributed by atoms with Crippen molar-refractivity contribution in [1.29, 1.82) is 5.26 Å². The predicted octanol–water partition coefficient (Wildman–Crippen LogP) is 6.03. The third-order valence-electron chi connectivity index (χ3n) is 6.06. The fraction of sp³-hybridized carbons (Fsp3) is 0.143. The molecule has 1 spiro atoms. The lowest BCUT2D eigenvalue weighted by Gasteiger charge is -2.35. The molecular formula is C28H21N3O. The van der Waals surface area contributed by atoms with Crippen LogP contribution < -0.4 is 0 Å². The van der Waals surface area contributed by atoms with Crippen LogP contribution >= 0.6 is 0 Å². The molecule has 0 atom stereocenters. The molecule has 2 aliphatic rings. The number of aromatic nitrogens is 1. The lowest BCUT2D eigenvalue weighted by atomic mass is 9.87. The maximum Gasteiger partial charge on any atom is 0.265 e. The topological polar surface area (TPSA) is 42.3 Å². The minimum Gasteiger partial charge on any atom is -0.486 e. The Morgan fingerprint density at radius 1 is 0.969 bits per heavy atom. The molecule has 0 saturated heterocycles. The maximum absolute atomic E-state index is 9.47. The van der Waals surface area contributed by atoms with E-state index in [2.05, 4.69) is 51.9 Å². The summed E-state index contributed by atoms with van der Waals surface area (Å²) in [5, 5.41) is 9.47. The van der Waals surface area contributed by atoms with Gasteiger partial charge in [-0.05, 0) is 58.7 Å². The normalized spacial score (nSPS) is 17.9. The third kappa shape index (κ3) is 3.75. The van der Waals surface area contributed by atoms with E-state index in [9.17, 15) is 5.26 Å². The molecule has 0 N–H and O–H groups in total. The molecule has 0 fully saturated rings. The average Bonchev–Trinajstić information content (AvgIpc) is 3.46. The lowest BCUT2D eigenvalue weighted by molar-refractivity contribution is 0.0108. The standard InChI is InChI=1S/C28H21N3O/c1-30-27(20-29)24-16-26(32-28(19-24)17-22-6-2-3-7-23(22)18-28)13-10-21-8-11-25(12-9-21)31-14-4-5-15-31/h2-16H,17-19H2. The van der Waals surface area contributed by atoms with Crippen molar-refractivity contribution >= 4 is 6.08 Å². The number of nitrogens with zero attached hydrogens (tertiary/aromatic N) is 3. The summed E-state index contributed by atoms with van der Waals surface area (Å²) in [6.07, 6.45) is 11.9. The molecule has 0 amide bonds. The highest BCUT2D eigenvalue weighted by atomic mass is 16.5. The molecular weight excluding hydrogens is 394 g/mol. The van der Waals surface area contributed by atoms with Crippen LogP contribution in [0.3, 0.4) is 0 Å². The quantitative estimate of drug-likeness (QED) is 0.387. The summed E-state index contributed by atoms with van der Waals surface area (Å²) < 4.78 is 8.58. The molecule has 1 aromatic heterocycles. The molecule has 4 heteroatoms. The van der Waals surface area contributed by atoms with Crippen molar-refractivity contribution in [3.05, 3.63) is 130 Å². The molecule has 4 nitrogen and oxygen atoms in total. The van der Waals surface area contributed by atoms with E-state index < -0.39 is 5.60 Å². The zero-order chi connectivity index (χ0) is 22.0. The number of fused-ring (bicyclic) bond motifs is 1. The molecule has 0 saturated carbocycles. The largest absolute Gasteiger partial charge is 0.486 e. The van der Waals surface area contributed by atoms with Crippen molar-refractivity contribution in [1.82, 2.24) is 4.57 Å². The van der Waals surface area contributed by atoms with Crippen LogP contribution in [-0.4, -0.2) is 10.2 Å².